The van der Waals surface area contributed by atoms with Gasteiger partial charge in [0.25, 0.3) is 0 Å². The number of aromatic nitrogens is 2. The molecule has 0 radical (unpaired) electrons. The Kier molecular flexibility index (Phi) is 2.81. The molecule has 0 aliphatic carbocycles. The molecular weight excluding hydrogens is 202 g/mol. The highest BCUT2D eigenvalue weighted by atomic mass is 16.5. The lowest BCUT2D eigenvalue weighted by molar-refractivity contribution is 0.216. The number of anilines is 1. The highest BCUT2D eigenvalue weighted by Gasteiger charge is 2.10. The molecule has 0 amide bonds. The number of hydrogen-bond acceptors (Lipinski definition) is 3. The lowest BCUT2D eigenvalue weighted by Gasteiger charge is -2.14. The number of aromatic amines is 1. The van der Waals surface area contributed by atoms with Crippen molar-refractivity contribution < 1.29 is 4.74 Å². The SMILES string of the molecule is Cc1ccc(N)cc1OC(C)c1ncc[nH]1. The Morgan fingerprint density at radius 3 is 2.94 bits per heavy atom. The number of H-pyrrole nitrogens is 1. The second-order valence-electron chi connectivity index (χ2n) is 3.76. The van der Waals surface area contributed by atoms with Gasteiger partial charge in [-0.15, -0.1) is 0 Å². The summed E-state index contributed by atoms with van der Waals surface area (Å²) in [7, 11) is 0. The van der Waals surface area contributed by atoms with E-state index in [1.807, 2.05) is 32.0 Å². The third-order valence-corrected chi connectivity index (χ3v) is 2.42. The molecule has 1 aromatic heterocycles. The molecule has 2 aromatic rings. The van der Waals surface area contributed by atoms with Crippen LogP contribution >= 0.6 is 0 Å². The number of hydrogen-bond donors (Lipinski definition) is 2. The minimum atomic E-state index is -0.115. The summed E-state index contributed by atoms with van der Waals surface area (Å²) in [4.78, 5) is 7.18. The maximum absolute atomic E-state index is 5.80. The summed E-state index contributed by atoms with van der Waals surface area (Å²) >= 11 is 0. The van der Waals surface area contributed by atoms with E-state index in [2.05, 4.69) is 9.97 Å². The Balaban J connectivity index is 2.17. The minimum absolute atomic E-state index is 0.115. The number of nitrogens with two attached hydrogens (primary N) is 1. The molecule has 16 heavy (non-hydrogen) atoms. The molecule has 1 heterocycles. The van der Waals surface area contributed by atoms with Crippen LogP contribution in [0.2, 0.25) is 0 Å². The number of benzene rings is 1. The molecule has 1 aromatic carbocycles. The maximum atomic E-state index is 5.80. The molecule has 1 unspecified atom stereocenters. The van der Waals surface area contributed by atoms with Crippen LogP contribution in [0.4, 0.5) is 5.69 Å². The van der Waals surface area contributed by atoms with Gasteiger partial charge in [0.15, 0.2) is 6.10 Å². The van der Waals surface area contributed by atoms with Gasteiger partial charge in [-0.05, 0) is 25.5 Å². The normalized spacial score (nSPS) is 12.4. The molecule has 0 saturated heterocycles. The van der Waals surface area contributed by atoms with Gasteiger partial charge in [-0.25, -0.2) is 4.98 Å². The quantitative estimate of drug-likeness (QED) is 0.776. The summed E-state index contributed by atoms with van der Waals surface area (Å²) < 4.78 is 5.80. The summed E-state index contributed by atoms with van der Waals surface area (Å²) in [6.07, 6.45) is 3.37. The Bertz CT molecular complexity index is 465. The molecule has 0 saturated carbocycles. The lowest BCUT2D eigenvalue weighted by Crippen LogP contribution is -2.06. The molecule has 84 valence electrons. The predicted molar refractivity (Wildman–Crippen MR) is 63.2 cm³/mol. The summed E-state index contributed by atoms with van der Waals surface area (Å²) in [6, 6.07) is 5.63. The first-order valence-corrected chi connectivity index (χ1v) is 5.19. The average Bonchev–Trinajstić information content (AvgIpc) is 2.76. The number of imidazole rings is 1. The Labute approximate surface area is 94.5 Å². The molecule has 0 fully saturated rings. The molecule has 3 N–H and O–H groups in total. The van der Waals surface area contributed by atoms with Crippen LogP contribution in [0.3, 0.4) is 0 Å². The van der Waals surface area contributed by atoms with Gasteiger partial charge in [-0.1, -0.05) is 6.07 Å². The van der Waals surface area contributed by atoms with E-state index in [9.17, 15) is 0 Å². The van der Waals surface area contributed by atoms with Crippen molar-refractivity contribution in [2.75, 3.05) is 5.73 Å². The van der Waals surface area contributed by atoms with Crippen molar-refractivity contribution in [1.82, 2.24) is 9.97 Å². The Morgan fingerprint density at radius 2 is 2.25 bits per heavy atom. The van der Waals surface area contributed by atoms with Crippen LogP contribution in [0.1, 0.15) is 24.4 Å². The van der Waals surface area contributed by atoms with E-state index < -0.39 is 0 Å². The van der Waals surface area contributed by atoms with E-state index in [4.69, 9.17) is 10.5 Å². The fourth-order valence-electron chi connectivity index (χ4n) is 1.49. The zero-order valence-electron chi connectivity index (χ0n) is 9.40. The van der Waals surface area contributed by atoms with E-state index in [-0.39, 0.29) is 6.10 Å². The van der Waals surface area contributed by atoms with Crippen LogP contribution in [-0.2, 0) is 0 Å². The van der Waals surface area contributed by atoms with Gasteiger partial charge < -0.3 is 15.5 Å². The number of nitrogens with one attached hydrogen (secondary N) is 1. The van der Waals surface area contributed by atoms with Crippen LogP contribution in [0.15, 0.2) is 30.6 Å². The summed E-state index contributed by atoms with van der Waals surface area (Å²) in [5.41, 5.74) is 7.48. The van der Waals surface area contributed by atoms with E-state index in [1.54, 1.807) is 12.4 Å². The number of rotatable bonds is 3. The van der Waals surface area contributed by atoms with E-state index in [1.165, 1.54) is 0 Å². The van der Waals surface area contributed by atoms with Crippen molar-refractivity contribution in [3.8, 4) is 5.75 Å². The first-order valence-electron chi connectivity index (χ1n) is 5.19. The van der Waals surface area contributed by atoms with Crippen LogP contribution in [-0.4, -0.2) is 9.97 Å². The summed E-state index contributed by atoms with van der Waals surface area (Å²) in [5, 5.41) is 0. The van der Waals surface area contributed by atoms with E-state index >= 15 is 0 Å². The fraction of sp³-hybridized carbons (Fsp3) is 0.250. The predicted octanol–water partition coefficient (Wildman–Crippen LogP) is 2.44. The first-order chi connectivity index (χ1) is 7.66. The summed E-state index contributed by atoms with van der Waals surface area (Å²) in [5.74, 6) is 1.60. The van der Waals surface area contributed by atoms with Gasteiger partial charge in [0, 0.05) is 24.1 Å². The second kappa shape index (κ2) is 4.26. The van der Waals surface area contributed by atoms with Gasteiger partial charge in [0.1, 0.15) is 11.6 Å². The van der Waals surface area contributed by atoms with Crippen molar-refractivity contribution >= 4 is 5.69 Å². The molecule has 0 bridgehead atoms. The van der Waals surface area contributed by atoms with Crippen molar-refractivity contribution in [2.45, 2.75) is 20.0 Å². The molecule has 0 aliphatic heterocycles. The van der Waals surface area contributed by atoms with Crippen molar-refractivity contribution in [1.29, 1.82) is 0 Å². The Morgan fingerprint density at radius 1 is 1.44 bits per heavy atom. The van der Waals surface area contributed by atoms with Gasteiger partial charge in [-0.2, -0.15) is 0 Å². The van der Waals surface area contributed by atoms with Crippen LogP contribution in [0.25, 0.3) is 0 Å². The third kappa shape index (κ3) is 2.16. The zero-order chi connectivity index (χ0) is 11.5. The fourth-order valence-corrected chi connectivity index (χ4v) is 1.49. The highest BCUT2D eigenvalue weighted by molar-refractivity contribution is 5.48. The smallest absolute Gasteiger partial charge is 0.153 e. The molecular formula is C12H15N3O. The number of ether oxygens (including phenoxy) is 1. The van der Waals surface area contributed by atoms with Crippen molar-refractivity contribution in [2.24, 2.45) is 0 Å². The van der Waals surface area contributed by atoms with Gasteiger partial charge in [0.2, 0.25) is 0 Å². The van der Waals surface area contributed by atoms with E-state index in [0.717, 1.165) is 17.1 Å². The molecule has 2 rings (SSSR count). The lowest BCUT2D eigenvalue weighted by atomic mass is 10.2. The van der Waals surface area contributed by atoms with Crippen molar-refractivity contribution in [3.05, 3.63) is 42.0 Å². The molecule has 1 atom stereocenters. The van der Waals surface area contributed by atoms with Gasteiger partial charge in [0.05, 0.1) is 0 Å². The number of nitrogens with zero attached hydrogens (tertiary/aromatic N) is 1. The van der Waals surface area contributed by atoms with Gasteiger partial charge in [-0.3, -0.25) is 0 Å². The first kappa shape index (κ1) is 10.5. The highest BCUT2D eigenvalue weighted by Crippen LogP contribution is 2.25. The average molecular weight is 217 g/mol. The molecule has 4 heteroatoms. The van der Waals surface area contributed by atoms with Gasteiger partial charge >= 0.3 is 0 Å². The minimum Gasteiger partial charge on any atom is -0.482 e. The molecule has 4 nitrogen and oxygen atoms in total. The van der Waals surface area contributed by atoms with Crippen molar-refractivity contribution in [3.63, 3.8) is 0 Å². The number of aryl methyl sites for hydroxylation is 1. The monoisotopic (exact) mass is 217 g/mol. The maximum Gasteiger partial charge on any atom is 0.153 e. The van der Waals surface area contributed by atoms with Crippen LogP contribution in [0.5, 0.6) is 5.75 Å². The molecule has 0 aliphatic rings. The Hall–Kier alpha value is -1.97. The summed E-state index contributed by atoms with van der Waals surface area (Å²) in [6.45, 7) is 3.94. The standard InChI is InChI=1S/C12H15N3O/c1-8-3-4-10(13)7-11(8)16-9(2)12-14-5-6-15-12/h3-7,9H,13H2,1-2H3,(H,14,15). The largest absolute Gasteiger partial charge is 0.482 e. The second-order valence-corrected chi connectivity index (χ2v) is 3.76. The number of nitrogen functional groups attached to an aromatic ring is 1. The van der Waals surface area contributed by atoms with Crippen LogP contribution in [0, 0.1) is 6.92 Å². The van der Waals surface area contributed by atoms with Crippen LogP contribution < -0.4 is 10.5 Å². The van der Waals surface area contributed by atoms with E-state index in [0.29, 0.717) is 5.69 Å². The molecule has 0 spiro atoms. The topological polar surface area (TPSA) is 63.9 Å². The zero-order valence-corrected chi connectivity index (χ0v) is 9.40. The third-order valence-electron chi connectivity index (χ3n) is 2.42.